The predicted octanol–water partition coefficient (Wildman–Crippen LogP) is 3.31. The van der Waals surface area contributed by atoms with E-state index in [-0.39, 0.29) is 24.2 Å². The number of carboxylic acids is 1. The Morgan fingerprint density at radius 2 is 2.24 bits per heavy atom. The maximum atomic E-state index is 13.1. The summed E-state index contributed by atoms with van der Waals surface area (Å²) in [7, 11) is 0. The number of nitrogens with zero attached hydrogens (tertiary/aromatic N) is 1. The number of urea groups is 1. The predicted molar refractivity (Wildman–Crippen MR) is 79.7 cm³/mol. The number of carbonyl (C=O) groups excluding carboxylic acids is 1. The number of likely N-dealkylation sites (tertiary alicyclic amines) is 1. The first-order chi connectivity index (χ1) is 9.95. The molecule has 0 spiro atoms. The van der Waals surface area contributed by atoms with E-state index in [2.05, 4.69) is 21.2 Å². The van der Waals surface area contributed by atoms with Gasteiger partial charge in [-0.1, -0.05) is 0 Å². The lowest BCUT2D eigenvalue weighted by atomic mass is 10.0. The summed E-state index contributed by atoms with van der Waals surface area (Å²) >= 11 is 3.07. The third-order valence-electron chi connectivity index (χ3n) is 3.51. The summed E-state index contributed by atoms with van der Waals surface area (Å²) < 4.78 is 13.4. The van der Waals surface area contributed by atoms with E-state index >= 15 is 0 Å². The van der Waals surface area contributed by atoms with Crippen LogP contribution in [-0.2, 0) is 4.79 Å². The Bertz CT molecular complexity index is 553. The van der Waals surface area contributed by atoms with E-state index in [1.807, 2.05) is 0 Å². The summed E-state index contributed by atoms with van der Waals surface area (Å²) in [5, 5.41) is 11.4. The molecular formula is C14H16BrFN2O3. The highest BCUT2D eigenvalue weighted by Gasteiger charge is 2.26. The topological polar surface area (TPSA) is 69.6 Å². The van der Waals surface area contributed by atoms with Crippen LogP contribution < -0.4 is 5.32 Å². The minimum atomic E-state index is -0.811. The van der Waals surface area contributed by atoms with Gasteiger partial charge < -0.3 is 15.3 Å². The highest BCUT2D eigenvalue weighted by atomic mass is 79.9. The van der Waals surface area contributed by atoms with E-state index in [1.54, 1.807) is 4.90 Å². The van der Waals surface area contributed by atoms with Crippen molar-refractivity contribution in [2.45, 2.75) is 19.3 Å². The number of anilines is 1. The second-order valence-corrected chi connectivity index (χ2v) is 5.95. The number of carboxylic acid groups (broad SMARTS) is 1. The van der Waals surface area contributed by atoms with Crippen molar-refractivity contribution in [3.05, 3.63) is 28.5 Å². The van der Waals surface area contributed by atoms with Crippen LogP contribution >= 0.6 is 15.9 Å². The molecule has 2 rings (SSSR count). The molecule has 1 aliphatic heterocycles. The zero-order chi connectivity index (χ0) is 15.4. The smallest absolute Gasteiger partial charge is 0.321 e. The van der Waals surface area contributed by atoms with Crippen molar-refractivity contribution in [1.29, 1.82) is 0 Å². The molecule has 1 heterocycles. The standard InChI is InChI=1S/C14H16BrFN2O3/c15-11-7-10(2-3-12(11)16)17-14(21)18-6-5-9(8-18)1-4-13(19)20/h2-3,7,9H,1,4-6,8H2,(H,17,21)(H,19,20). The highest BCUT2D eigenvalue weighted by molar-refractivity contribution is 9.10. The number of rotatable bonds is 4. The quantitative estimate of drug-likeness (QED) is 0.867. The number of hydrogen-bond donors (Lipinski definition) is 2. The van der Waals surface area contributed by atoms with Crippen LogP contribution in [0.4, 0.5) is 14.9 Å². The van der Waals surface area contributed by atoms with Gasteiger partial charge in [0.25, 0.3) is 0 Å². The van der Waals surface area contributed by atoms with Crippen molar-refractivity contribution in [2.75, 3.05) is 18.4 Å². The highest BCUT2D eigenvalue weighted by Crippen LogP contribution is 2.23. The summed E-state index contributed by atoms with van der Waals surface area (Å²) in [6.07, 6.45) is 1.53. The van der Waals surface area contributed by atoms with Gasteiger partial charge in [-0.15, -0.1) is 0 Å². The number of amides is 2. The van der Waals surface area contributed by atoms with Gasteiger partial charge in [0.15, 0.2) is 0 Å². The number of hydrogen-bond acceptors (Lipinski definition) is 2. The molecule has 1 aromatic rings. The Balaban J connectivity index is 1.86. The van der Waals surface area contributed by atoms with Crippen LogP contribution in [0.3, 0.4) is 0 Å². The molecule has 0 aliphatic carbocycles. The zero-order valence-corrected chi connectivity index (χ0v) is 12.9. The molecule has 0 saturated carbocycles. The Morgan fingerprint density at radius 3 is 2.90 bits per heavy atom. The average Bonchev–Trinajstić information content (AvgIpc) is 2.89. The number of halogens is 2. The lowest BCUT2D eigenvalue weighted by Crippen LogP contribution is -2.33. The SMILES string of the molecule is O=C(O)CCC1CCN(C(=O)Nc2ccc(F)c(Br)c2)C1. The molecular weight excluding hydrogens is 343 g/mol. The Kier molecular flexibility index (Phi) is 5.17. The van der Waals surface area contributed by atoms with Crippen molar-refractivity contribution in [3.63, 3.8) is 0 Å². The molecule has 2 N–H and O–H groups in total. The van der Waals surface area contributed by atoms with Gasteiger partial charge in [-0.3, -0.25) is 4.79 Å². The van der Waals surface area contributed by atoms with Crippen LogP contribution in [0.2, 0.25) is 0 Å². The summed E-state index contributed by atoms with van der Waals surface area (Å²) in [6.45, 7) is 1.17. The van der Waals surface area contributed by atoms with Crippen molar-refractivity contribution >= 4 is 33.6 Å². The van der Waals surface area contributed by atoms with Gasteiger partial charge in [0.05, 0.1) is 4.47 Å². The monoisotopic (exact) mass is 358 g/mol. The zero-order valence-electron chi connectivity index (χ0n) is 11.3. The van der Waals surface area contributed by atoms with E-state index < -0.39 is 5.97 Å². The Hall–Kier alpha value is -1.63. The maximum absolute atomic E-state index is 13.1. The molecule has 1 fully saturated rings. The minimum absolute atomic E-state index is 0.130. The molecule has 1 saturated heterocycles. The van der Waals surface area contributed by atoms with Gasteiger partial charge in [0.1, 0.15) is 5.82 Å². The van der Waals surface area contributed by atoms with Crippen LogP contribution in [0.1, 0.15) is 19.3 Å². The van der Waals surface area contributed by atoms with Crippen LogP contribution in [0.15, 0.2) is 22.7 Å². The van der Waals surface area contributed by atoms with Crippen molar-refractivity contribution in [2.24, 2.45) is 5.92 Å². The molecule has 1 aromatic carbocycles. The van der Waals surface area contributed by atoms with Gasteiger partial charge in [-0.25, -0.2) is 9.18 Å². The fourth-order valence-corrected chi connectivity index (χ4v) is 2.74. The van der Waals surface area contributed by atoms with Gasteiger partial charge in [0.2, 0.25) is 0 Å². The molecule has 1 atom stereocenters. The fourth-order valence-electron chi connectivity index (χ4n) is 2.36. The number of benzene rings is 1. The molecule has 0 radical (unpaired) electrons. The van der Waals surface area contributed by atoms with Crippen molar-refractivity contribution < 1.29 is 19.1 Å². The molecule has 1 unspecified atom stereocenters. The number of carbonyl (C=O) groups is 2. The lowest BCUT2D eigenvalue weighted by Gasteiger charge is -2.17. The van der Waals surface area contributed by atoms with E-state index in [0.717, 1.165) is 6.42 Å². The first kappa shape index (κ1) is 15.8. The minimum Gasteiger partial charge on any atom is -0.481 e. The van der Waals surface area contributed by atoms with E-state index in [0.29, 0.717) is 29.7 Å². The van der Waals surface area contributed by atoms with Gasteiger partial charge in [0, 0.05) is 25.2 Å². The summed E-state index contributed by atoms with van der Waals surface area (Å²) in [4.78, 5) is 24.3. The van der Waals surface area contributed by atoms with E-state index in [1.165, 1.54) is 18.2 Å². The van der Waals surface area contributed by atoms with E-state index in [9.17, 15) is 14.0 Å². The van der Waals surface area contributed by atoms with Crippen molar-refractivity contribution in [1.82, 2.24) is 4.90 Å². The van der Waals surface area contributed by atoms with Gasteiger partial charge in [-0.2, -0.15) is 0 Å². The molecule has 5 nitrogen and oxygen atoms in total. The summed E-state index contributed by atoms with van der Waals surface area (Å²) in [6, 6.07) is 4.03. The Labute approximate surface area is 130 Å². The van der Waals surface area contributed by atoms with Crippen molar-refractivity contribution in [3.8, 4) is 0 Å². The van der Waals surface area contributed by atoms with Gasteiger partial charge >= 0.3 is 12.0 Å². The molecule has 7 heteroatoms. The summed E-state index contributed by atoms with van der Waals surface area (Å²) in [5.41, 5.74) is 0.516. The lowest BCUT2D eigenvalue weighted by molar-refractivity contribution is -0.137. The second-order valence-electron chi connectivity index (χ2n) is 5.09. The maximum Gasteiger partial charge on any atom is 0.321 e. The van der Waals surface area contributed by atoms with Crippen LogP contribution in [0, 0.1) is 11.7 Å². The average molecular weight is 359 g/mol. The van der Waals surface area contributed by atoms with Crippen LogP contribution in [-0.4, -0.2) is 35.1 Å². The molecule has 21 heavy (non-hydrogen) atoms. The van der Waals surface area contributed by atoms with E-state index in [4.69, 9.17) is 5.11 Å². The molecule has 0 bridgehead atoms. The van der Waals surface area contributed by atoms with Crippen LogP contribution in [0.25, 0.3) is 0 Å². The van der Waals surface area contributed by atoms with Gasteiger partial charge in [-0.05, 0) is 52.9 Å². The number of nitrogens with one attached hydrogen (secondary N) is 1. The first-order valence-electron chi connectivity index (χ1n) is 6.68. The number of aliphatic carboxylic acids is 1. The Morgan fingerprint density at radius 1 is 1.48 bits per heavy atom. The summed E-state index contributed by atoms with van der Waals surface area (Å²) in [5.74, 6) is -0.969. The largest absolute Gasteiger partial charge is 0.481 e. The third-order valence-corrected chi connectivity index (χ3v) is 4.12. The fraction of sp³-hybridized carbons (Fsp3) is 0.429. The molecule has 1 aliphatic rings. The third kappa shape index (κ3) is 4.42. The normalized spacial score (nSPS) is 17.8. The second kappa shape index (κ2) is 6.89. The molecule has 2 amide bonds. The first-order valence-corrected chi connectivity index (χ1v) is 7.48. The van der Waals surface area contributed by atoms with Crippen LogP contribution in [0.5, 0.6) is 0 Å². The molecule has 0 aromatic heterocycles. The molecule has 114 valence electrons.